The van der Waals surface area contributed by atoms with Gasteiger partial charge >= 0.3 is 0 Å². The lowest BCUT2D eigenvalue weighted by atomic mass is 10.1. The maximum atomic E-state index is 11.4. The van der Waals surface area contributed by atoms with Crippen molar-refractivity contribution in [1.29, 1.82) is 0 Å². The van der Waals surface area contributed by atoms with Crippen molar-refractivity contribution in [2.24, 2.45) is 4.99 Å². The molecule has 0 aromatic carbocycles. The lowest BCUT2D eigenvalue weighted by Crippen LogP contribution is -2.41. The molecule has 24 heavy (non-hydrogen) atoms. The van der Waals surface area contributed by atoms with Crippen LogP contribution >= 0.6 is 0 Å². The highest BCUT2D eigenvalue weighted by Crippen LogP contribution is 2.12. The minimum absolute atomic E-state index is 0.144. The number of aliphatic imine (C=N–C) groups is 1. The maximum absolute atomic E-state index is 11.4. The van der Waals surface area contributed by atoms with Gasteiger partial charge in [-0.2, -0.15) is 0 Å². The van der Waals surface area contributed by atoms with Crippen LogP contribution in [0.5, 0.6) is 0 Å². The van der Waals surface area contributed by atoms with E-state index in [0.29, 0.717) is 12.1 Å². The average Bonchev–Trinajstić information content (AvgIpc) is 2.53. The van der Waals surface area contributed by atoms with Crippen molar-refractivity contribution < 1.29 is 9.59 Å². The van der Waals surface area contributed by atoms with E-state index >= 15 is 0 Å². The van der Waals surface area contributed by atoms with E-state index in [1.807, 2.05) is 0 Å². The molecule has 0 fully saturated rings. The molecule has 0 bridgehead atoms. The van der Waals surface area contributed by atoms with E-state index in [9.17, 15) is 5.11 Å². The zero-order valence-electron chi connectivity index (χ0n) is 16.9. The molecule has 0 saturated heterocycles. The summed E-state index contributed by atoms with van der Waals surface area (Å²) in [7, 11) is 4.57. The molecule has 0 amide bonds. The largest absolute Gasteiger partial charge is 0.859 e. The number of hydrogen-bond donors (Lipinski definition) is 0. The predicted octanol–water partition coefficient (Wildman–Crippen LogP) is 4.71. The third kappa shape index (κ3) is 14.7. The molecule has 0 aromatic rings. The fourth-order valence-corrected chi connectivity index (χ4v) is 2.95. The Morgan fingerprint density at radius 3 is 1.79 bits per heavy atom. The molecule has 0 aromatic heterocycles. The molecule has 0 atom stereocenters. The average molecular weight is 339 g/mol. The third-order valence-corrected chi connectivity index (χ3v) is 4.66. The Morgan fingerprint density at radius 1 is 0.833 bits per heavy atom. The van der Waals surface area contributed by atoms with Crippen molar-refractivity contribution in [3.8, 4) is 0 Å². The van der Waals surface area contributed by atoms with E-state index in [-0.39, 0.29) is 5.90 Å². The molecular formula is C21H42N2O. The van der Waals surface area contributed by atoms with Crippen molar-refractivity contribution in [3.63, 3.8) is 0 Å². The summed E-state index contributed by atoms with van der Waals surface area (Å²) in [6.07, 6.45) is 14.9. The zero-order chi connectivity index (χ0) is 18.3. The molecule has 0 N–H and O–H groups in total. The minimum atomic E-state index is -0.144. The standard InChI is InChI=1S/C21H42N2O/c1-6-7-8-9-10-11-12-13-14-15-18-23(4,5)19-16-17-22-21(24)20(2)3/h2,6-19H2,1,3-5H3. The van der Waals surface area contributed by atoms with Gasteiger partial charge in [0.2, 0.25) is 0 Å². The van der Waals surface area contributed by atoms with Crippen LogP contribution in [0.2, 0.25) is 0 Å². The number of rotatable bonds is 16. The molecule has 0 rings (SSSR count). The van der Waals surface area contributed by atoms with Crippen LogP contribution in [0.1, 0.15) is 84.5 Å². The van der Waals surface area contributed by atoms with Gasteiger partial charge < -0.3 is 14.6 Å². The Morgan fingerprint density at radius 2 is 1.29 bits per heavy atom. The first kappa shape index (κ1) is 23.2. The highest BCUT2D eigenvalue weighted by Gasteiger charge is 2.13. The Labute approximate surface area is 151 Å². The molecule has 0 saturated carbocycles. The van der Waals surface area contributed by atoms with Gasteiger partial charge in [-0.3, -0.25) is 0 Å². The molecule has 142 valence electrons. The van der Waals surface area contributed by atoms with Gasteiger partial charge in [0.25, 0.3) is 0 Å². The first-order valence-corrected chi connectivity index (χ1v) is 10.1. The monoisotopic (exact) mass is 338 g/mol. The second-order valence-corrected chi connectivity index (χ2v) is 7.89. The number of unbranched alkanes of at least 4 members (excludes halogenated alkanes) is 9. The van der Waals surface area contributed by atoms with Crippen molar-refractivity contribution >= 4 is 5.90 Å². The molecule has 3 heteroatoms. The van der Waals surface area contributed by atoms with Gasteiger partial charge in [-0.05, 0) is 31.2 Å². The molecule has 0 unspecified atom stereocenters. The molecule has 0 radical (unpaired) electrons. The molecule has 0 heterocycles. The van der Waals surface area contributed by atoms with Crippen LogP contribution in [0.4, 0.5) is 0 Å². The van der Waals surface area contributed by atoms with Crippen LogP contribution in [0.25, 0.3) is 0 Å². The quantitative estimate of drug-likeness (QED) is 0.174. The van der Waals surface area contributed by atoms with Gasteiger partial charge in [0.05, 0.1) is 27.2 Å². The molecule has 0 aliphatic carbocycles. The van der Waals surface area contributed by atoms with Crippen LogP contribution < -0.4 is 5.11 Å². The lowest BCUT2D eigenvalue weighted by molar-refractivity contribution is -0.890. The second-order valence-electron chi connectivity index (χ2n) is 7.89. The van der Waals surface area contributed by atoms with E-state index in [4.69, 9.17) is 0 Å². The minimum Gasteiger partial charge on any atom is -0.859 e. The summed E-state index contributed by atoms with van der Waals surface area (Å²) in [5.74, 6) is -0.144. The van der Waals surface area contributed by atoms with Crippen LogP contribution in [0, 0.1) is 0 Å². The Hall–Kier alpha value is -0.830. The molecule has 3 nitrogen and oxygen atoms in total. The first-order valence-electron chi connectivity index (χ1n) is 10.1. The van der Waals surface area contributed by atoms with E-state index in [0.717, 1.165) is 17.4 Å². The zero-order valence-corrected chi connectivity index (χ0v) is 16.9. The van der Waals surface area contributed by atoms with E-state index in [1.54, 1.807) is 6.92 Å². The Bertz CT molecular complexity index is 348. The number of nitrogens with zero attached hydrogens (tertiary/aromatic N) is 2. The SMILES string of the molecule is C=C(C)C([O-])=NCCC[N+](C)(C)CCCCCCCCCCCC. The Balaban J connectivity index is 3.53. The predicted molar refractivity (Wildman–Crippen MR) is 105 cm³/mol. The normalized spacial score (nSPS) is 12.6. The van der Waals surface area contributed by atoms with Crippen molar-refractivity contribution in [2.75, 3.05) is 33.7 Å². The Kier molecular flexibility index (Phi) is 14.0. The molecule has 0 spiro atoms. The summed E-state index contributed by atoms with van der Waals surface area (Å²) in [6, 6.07) is 0. The first-order chi connectivity index (χ1) is 11.4. The number of hydrogen-bond acceptors (Lipinski definition) is 2. The topological polar surface area (TPSA) is 35.4 Å². The summed E-state index contributed by atoms with van der Waals surface area (Å²) in [6.45, 7) is 10.6. The summed E-state index contributed by atoms with van der Waals surface area (Å²) in [5.41, 5.74) is 0.536. The maximum Gasteiger partial charge on any atom is 0.0800 e. The van der Waals surface area contributed by atoms with Gasteiger partial charge in [-0.15, -0.1) is 0 Å². The molecule has 0 aliphatic rings. The van der Waals surface area contributed by atoms with E-state index in [2.05, 4.69) is 32.6 Å². The van der Waals surface area contributed by atoms with E-state index in [1.165, 1.54) is 70.8 Å². The summed E-state index contributed by atoms with van der Waals surface area (Å²) >= 11 is 0. The second kappa shape index (κ2) is 14.5. The number of quaternary nitrogens is 1. The van der Waals surface area contributed by atoms with E-state index < -0.39 is 0 Å². The van der Waals surface area contributed by atoms with Gasteiger partial charge in [-0.25, -0.2) is 0 Å². The van der Waals surface area contributed by atoms with Crippen molar-refractivity contribution in [1.82, 2.24) is 0 Å². The molecule has 0 aliphatic heterocycles. The van der Waals surface area contributed by atoms with Gasteiger partial charge in [0, 0.05) is 13.0 Å². The van der Waals surface area contributed by atoms with Crippen molar-refractivity contribution in [3.05, 3.63) is 12.2 Å². The van der Waals surface area contributed by atoms with Crippen molar-refractivity contribution in [2.45, 2.75) is 84.5 Å². The van der Waals surface area contributed by atoms with Gasteiger partial charge in [0.1, 0.15) is 0 Å². The highest BCUT2D eigenvalue weighted by atomic mass is 16.3. The fourth-order valence-electron chi connectivity index (χ4n) is 2.95. The van der Waals surface area contributed by atoms with Crippen LogP contribution in [0.15, 0.2) is 17.1 Å². The van der Waals surface area contributed by atoms with Crippen LogP contribution in [-0.4, -0.2) is 44.1 Å². The highest BCUT2D eigenvalue weighted by molar-refractivity contribution is 5.88. The smallest absolute Gasteiger partial charge is 0.0800 e. The van der Waals surface area contributed by atoms with Crippen LogP contribution in [-0.2, 0) is 0 Å². The summed E-state index contributed by atoms with van der Waals surface area (Å²) in [5, 5.41) is 11.4. The summed E-state index contributed by atoms with van der Waals surface area (Å²) in [4.78, 5) is 4.04. The van der Waals surface area contributed by atoms with Gasteiger partial charge in [0.15, 0.2) is 0 Å². The van der Waals surface area contributed by atoms with Gasteiger partial charge in [-0.1, -0.05) is 64.9 Å². The summed E-state index contributed by atoms with van der Waals surface area (Å²) < 4.78 is 1.04. The third-order valence-electron chi connectivity index (χ3n) is 4.66. The molecular weight excluding hydrogens is 296 g/mol. The lowest BCUT2D eigenvalue weighted by Gasteiger charge is -2.29. The van der Waals surface area contributed by atoms with Crippen LogP contribution in [0.3, 0.4) is 0 Å². The fraction of sp³-hybridized carbons (Fsp3) is 0.857.